The Morgan fingerprint density at radius 3 is 2.67 bits per heavy atom. The van der Waals surface area contributed by atoms with E-state index in [4.69, 9.17) is 5.73 Å². The predicted octanol–water partition coefficient (Wildman–Crippen LogP) is 2.13. The standard InChI is InChI=1S/C13H20N2O2S/c1-13(2)8-4-7-12(13)15-18(16,17)11-6-3-5-10(14)9-11/h3,5-6,9,12,15H,4,7-8,14H2,1-2H3. The Morgan fingerprint density at radius 2 is 2.11 bits per heavy atom. The van der Waals surface area contributed by atoms with Crippen molar-refractivity contribution in [3.63, 3.8) is 0 Å². The first-order chi connectivity index (χ1) is 8.31. The van der Waals surface area contributed by atoms with E-state index in [1.807, 2.05) is 0 Å². The summed E-state index contributed by atoms with van der Waals surface area (Å²) in [5.41, 5.74) is 6.11. The Kier molecular flexibility index (Phi) is 3.38. The van der Waals surface area contributed by atoms with Gasteiger partial charge in [-0.25, -0.2) is 13.1 Å². The lowest BCUT2D eigenvalue weighted by atomic mass is 9.88. The first-order valence-electron chi connectivity index (χ1n) is 6.19. The first-order valence-corrected chi connectivity index (χ1v) is 7.67. The monoisotopic (exact) mass is 268 g/mol. The molecule has 0 spiro atoms. The zero-order valence-electron chi connectivity index (χ0n) is 10.8. The van der Waals surface area contributed by atoms with Gasteiger partial charge in [-0.2, -0.15) is 0 Å². The molecule has 1 atom stereocenters. The molecule has 0 saturated heterocycles. The number of hydrogen-bond acceptors (Lipinski definition) is 3. The molecule has 1 aliphatic carbocycles. The van der Waals surface area contributed by atoms with Crippen LogP contribution in [-0.4, -0.2) is 14.5 Å². The summed E-state index contributed by atoms with van der Waals surface area (Å²) in [4.78, 5) is 0.241. The molecule has 3 N–H and O–H groups in total. The topological polar surface area (TPSA) is 72.2 Å². The minimum Gasteiger partial charge on any atom is -0.399 e. The van der Waals surface area contributed by atoms with Crippen LogP contribution in [0.25, 0.3) is 0 Å². The number of benzene rings is 1. The quantitative estimate of drug-likeness (QED) is 0.825. The minimum atomic E-state index is -3.47. The summed E-state index contributed by atoms with van der Waals surface area (Å²) in [6.45, 7) is 4.21. The highest BCUT2D eigenvalue weighted by Crippen LogP contribution is 2.37. The average molecular weight is 268 g/mol. The van der Waals surface area contributed by atoms with Crippen LogP contribution in [0.3, 0.4) is 0 Å². The number of rotatable bonds is 3. The maximum Gasteiger partial charge on any atom is 0.240 e. The van der Waals surface area contributed by atoms with Gasteiger partial charge in [0.05, 0.1) is 4.90 Å². The molecule has 1 unspecified atom stereocenters. The van der Waals surface area contributed by atoms with Crippen molar-refractivity contribution in [2.75, 3.05) is 5.73 Å². The maximum absolute atomic E-state index is 12.3. The summed E-state index contributed by atoms with van der Waals surface area (Å²) in [6, 6.07) is 6.40. The van der Waals surface area contributed by atoms with E-state index < -0.39 is 10.0 Å². The van der Waals surface area contributed by atoms with Crippen molar-refractivity contribution in [2.45, 2.75) is 44.0 Å². The molecule has 100 valence electrons. The Balaban J connectivity index is 2.23. The van der Waals surface area contributed by atoms with E-state index in [1.165, 1.54) is 6.07 Å². The van der Waals surface area contributed by atoms with E-state index in [1.54, 1.807) is 18.2 Å². The first kappa shape index (κ1) is 13.4. The van der Waals surface area contributed by atoms with Gasteiger partial charge in [0, 0.05) is 11.7 Å². The summed E-state index contributed by atoms with van der Waals surface area (Å²) in [7, 11) is -3.47. The Labute approximate surface area is 109 Å². The van der Waals surface area contributed by atoms with E-state index in [-0.39, 0.29) is 16.4 Å². The molecule has 4 nitrogen and oxygen atoms in total. The normalized spacial score (nSPS) is 23.1. The van der Waals surface area contributed by atoms with Crippen molar-refractivity contribution in [1.82, 2.24) is 4.72 Å². The fourth-order valence-corrected chi connectivity index (χ4v) is 3.98. The summed E-state index contributed by atoms with van der Waals surface area (Å²) in [6.07, 6.45) is 3.02. The fraction of sp³-hybridized carbons (Fsp3) is 0.538. The number of hydrogen-bond donors (Lipinski definition) is 2. The van der Waals surface area contributed by atoms with Crippen molar-refractivity contribution in [1.29, 1.82) is 0 Å². The molecule has 0 amide bonds. The largest absolute Gasteiger partial charge is 0.399 e. The number of anilines is 1. The van der Waals surface area contributed by atoms with E-state index in [9.17, 15) is 8.42 Å². The summed E-state index contributed by atoms with van der Waals surface area (Å²) >= 11 is 0. The van der Waals surface area contributed by atoms with Crippen LogP contribution in [0.4, 0.5) is 5.69 Å². The summed E-state index contributed by atoms with van der Waals surface area (Å²) in [5.74, 6) is 0. The van der Waals surface area contributed by atoms with Crippen molar-refractivity contribution < 1.29 is 8.42 Å². The van der Waals surface area contributed by atoms with Crippen molar-refractivity contribution in [2.24, 2.45) is 5.41 Å². The third-order valence-electron chi connectivity index (χ3n) is 3.72. The Hall–Kier alpha value is -1.07. The maximum atomic E-state index is 12.3. The van der Waals surface area contributed by atoms with Crippen molar-refractivity contribution >= 4 is 15.7 Å². The van der Waals surface area contributed by atoms with Gasteiger partial charge in [-0.3, -0.25) is 0 Å². The lowest BCUT2D eigenvalue weighted by molar-refractivity contribution is 0.313. The molecule has 2 rings (SSSR count). The van der Waals surface area contributed by atoms with Gasteiger partial charge in [0.25, 0.3) is 0 Å². The molecule has 0 bridgehead atoms. The molecule has 1 fully saturated rings. The van der Waals surface area contributed by atoms with E-state index >= 15 is 0 Å². The second-order valence-corrected chi connectivity index (χ2v) is 7.34. The van der Waals surface area contributed by atoms with Crippen LogP contribution in [0.15, 0.2) is 29.2 Å². The van der Waals surface area contributed by atoms with Crippen LogP contribution < -0.4 is 10.5 Å². The van der Waals surface area contributed by atoms with Gasteiger partial charge in [-0.1, -0.05) is 26.3 Å². The summed E-state index contributed by atoms with van der Waals surface area (Å²) < 4.78 is 27.3. The molecule has 1 aromatic rings. The average Bonchev–Trinajstić information content (AvgIpc) is 2.58. The van der Waals surface area contributed by atoms with Crippen LogP contribution in [0.5, 0.6) is 0 Å². The van der Waals surface area contributed by atoms with Gasteiger partial charge in [0.15, 0.2) is 0 Å². The lowest BCUT2D eigenvalue weighted by Gasteiger charge is -2.27. The Bertz CT molecular complexity index is 538. The number of sulfonamides is 1. The Morgan fingerprint density at radius 1 is 1.39 bits per heavy atom. The molecule has 18 heavy (non-hydrogen) atoms. The van der Waals surface area contributed by atoms with Crippen LogP contribution >= 0.6 is 0 Å². The molecular formula is C13H20N2O2S. The van der Waals surface area contributed by atoms with Gasteiger partial charge in [0.2, 0.25) is 10.0 Å². The number of nitrogens with one attached hydrogen (secondary N) is 1. The molecule has 1 saturated carbocycles. The van der Waals surface area contributed by atoms with E-state index in [0.717, 1.165) is 19.3 Å². The third kappa shape index (κ3) is 2.67. The molecule has 0 heterocycles. The SMILES string of the molecule is CC1(C)CCCC1NS(=O)(=O)c1cccc(N)c1. The van der Waals surface area contributed by atoms with Gasteiger partial charge >= 0.3 is 0 Å². The van der Waals surface area contributed by atoms with Gasteiger partial charge < -0.3 is 5.73 Å². The predicted molar refractivity (Wildman–Crippen MR) is 72.6 cm³/mol. The minimum absolute atomic E-state index is 0.00364. The zero-order chi connectivity index (χ0) is 13.4. The lowest BCUT2D eigenvalue weighted by Crippen LogP contribution is -2.41. The van der Waals surface area contributed by atoms with Gasteiger partial charge in [0.1, 0.15) is 0 Å². The van der Waals surface area contributed by atoms with Crippen LogP contribution in [0.2, 0.25) is 0 Å². The second-order valence-electron chi connectivity index (χ2n) is 5.63. The highest BCUT2D eigenvalue weighted by Gasteiger charge is 2.37. The highest BCUT2D eigenvalue weighted by atomic mass is 32.2. The highest BCUT2D eigenvalue weighted by molar-refractivity contribution is 7.89. The van der Waals surface area contributed by atoms with Crippen LogP contribution in [0.1, 0.15) is 33.1 Å². The summed E-state index contributed by atoms with van der Waals surface area (Å²) in [5, 5.41) is 0. The van der Waals surface area contributed by atoms with Crippen LogP contribution in [-0.2, 0) is 10.0 Å². The zero-order valence-corrected chi connectivity index (χ0v) is 11.6. The van der Waals surface area contributed by atoms with Gasteiger partial charge in [-0.05, 0) is 36.5 Å². The number of nitrogens with two attached hydrogens (primary N) is 1. The van der Waals surface area contributed by atoms with Crippen molar-refractivity contribution in [3.8, 4) is 0 Å². The fourth-order valence-electron chi connectivity index (χ4n) is 2.48. The molecule has 0 aliphatic heterocycles. The smallest absolute Gasteiger partial charge is 0.240 e. The van der Waals surface area contributed by atoms with Gasteiger partial charge in [-0.15, -0.1) is 0 Å². The van der Waals surface area contributed by atoms with Crippen molar-refractivity contribution in [3.05, 3.63) is 24.3 Å². The molecule has 0 radical (unpaired) electrons. The molecule has 1 aliphatic rings. The second kappa shape index (κ2) is 4.55. The third-order valence-corrected chi connectivity index (χ3v) is 5.19. The molecule has 0 aromatic heterocycles. The van der Waals surface area contributed by atoms with E-state index in [2.05, 4.69) is 18.6 Å². The molecule has 1 aromatic carbocycles. The van der Waals surface area contributed by atoms with Crippen LogP contribution in [0, 0.1) is 5.41 Å². The molecular weight excluding hydrogens is 248 g/mol. The van der Waals surface area contributed by atoms with E-state index in [0.29, 0.717) is 5.69 Å². The number of nitrogen functional groups attached to an aromatic ring is 1. The molecule has 5 heteroatoms.